The van der Waals surface area contributed by atoms with Gasteiger partial charge in [0.05, 0.1) is 12.1 Å². The number of guanidine groups is 1. The fourth-order valence-electron chi connectivity index (χ4n) is 3.12. The Labute approximate surface area is 185 Å². The Morgan fingerprint density at radius 1 is 1.21 bits per heavy atom. The molecule has 5 nitrogen and oxygen atoms in total. The van der Waals surface area contributed by atoms with E-state index in [9.17, 15) is 22.4 Å². The number of benzene rings is 1. The summed E-state index contributed by atoms with van der Waals surface area (Å²) in [5, 5.41) is 8.83. The molecule has 3 N–H and O–H groups in total. The lowest BCUT2D eigenvalue weighted by Gasteiger charge is -2.15. The number of hydrogen-bond acceptors (Lipinski definition) is 2. The molecule has 1 aliphatic rings. The van der Waals surface area contributed by atoms with Gasteiger partial charge in [0.1, 0.15) is 5.82 Å². The summed E-state index contributed by atoms with van der Waals surface area (Å²) >= 11 is 0. The van der Waals surface area contributed by atoms with E-state index >= 15 is 0 Å². The average molecular weight is 530 g/mol. The van der Waals surface area contributed by atoms with Crippen LogP contribution in [-0.2, 0) is 17.5 Å². The zero-order valence-electron chi connectivity index (χ0n) is 16.2. The molecule has 0 aromatic heterocycles. The van der Waals surface area contributed by atoms with E-state index in [4.69, 9.17) is 0 Å². The number of aliphatic imine (C=N–C) groups is 1. The van der Waals surface area contributed by atoms with E-state index in [0.29, 0.717) is 25.1 Å². The first-order valence-electron chi connectivity index (χ1n) is 9.46. The van der Waals surface area contributed by atoms with Crippen molar-refractivity contribution in [3.8, 4) is 0 Å². The van der Waals surface area contributed by atoms with Crippen LogP contribution in [-0.4, -0.2) is 31.0 Å². The summed E-state index contributed by atoms with van der Waals surface area (Å²) < 4.78 is 52.4. The summed E-state index contributed by atoms with van der Waals surface area (Å²) in [5.74, 6) is -0.708. The number of alkyl halides is 3. The second-order valence-corrected chi connectivity index (χ2v) is 6.72. The lowest BCUT2D eigenvalue weighted by molar-refractivity contribution is -0.138. The molecule has 10 heteroatoms. The van der Waals surface area contributed by atoms with Gasteiger partial charge in [-0.1, -0.05) is 18.9 Å². The molecule has 0 aliphatic heterocycles. The maximum atomic E-state index is 13.2. The van der Waals surface area contributed by atoms with Crippen LogP contribution in [0.5, 0.6) is 0 Å². The predicted octanol–water partition coefficient (Wildman–Crippen LogP) is 3.97. The molecule has 0 spiro atoms. The molecular formula is C19H27F4IN4O. The lowest BCUT2D eigenvalue weighted by Crippen LogP contribution is -2.40. The Bertz CT molecular complexity index is 691. The smallest absolute Gasteiger partial charge is 0.357 e. The van der Waals surface area contributed by atoms with Crippen molar-refractivity contribution in [2.24, 2.45) is 4.99 Å². The van der Waals surface area contributed by atoms with Crippen molar-refractivity contribution in [1.82, 2.24) is 16.0 Å². The van der Waals surface area contributed by atoms with Gasteiger partial charge in [0.15, 0.2) is 5.96 Å². The van der Waals surface area contributed by atoms with Crippen molar-refractivity contribution in [3.05, 3.63) is 35.1 Å². The first-order valence-corrected chi connectivity index (χ1v) is 9.46. The third kappa shape index (κ3) is 8.75. The van der Waals surface area contributed by atoms with E-state index in [2.05, 4.69) is 20.9 Å². The van der Waals surface area contributed by atoms with Crippen LogP contribution in [0, 0.1) is 5.82 Å². The molecule has 0 saturated heterocycles. The number of nitrogens with one attached hydrogen (secondary N) is 3. The van der Waals surface area contributed by atoms with Gasteiger partial charge in [-0.15, -0.1) is 24.0 Å². The van der Waals surface area contributed by atoms with Gasteiger partial charge < -0.3 is 16.0 Å². The summed E-state index contributed by atoms with van der Waals surface area (Å²) in [6, 6.07) is 2.78. The number of halogens is 5. The molecule has 0 heterocycles. The number of carbonyl (C=O) groups excluding carboxylic acids is 1. The van der Waals surface area contributed by atoms with Crippen LogP contribution >= 0.6 is 24.0 Å². The number of hydrogen-bond donors (Lipinski definition) is 3. The average Bonchev–Trinajstić information content (AvgIpc) is 3.12. The number of carbonyl (C=O) groups is 1. The van der Waals surface area contributed by atoms with E-state index < -0.39 is 17.6 Å². The number of nitrogens with zero attached hydrogens (tertiary/aromatic N) is 1. The summed E-state index contributed by atoms with van der Waals surface area (Å²) in [6.07, 6.45) is -0.152. The van der Waals surface area contributed by atoms with E-state index in [0.717, 1.165) is 37.8 Å². The highest BCUT2D eigenvalue weighted by Crippen LogP contribution is 2.32. The van der Waals surface area contributed by atoms with Gasteiger partial charge >= 0.3 is 6.18 Å². The molecule has 1 saturated carbocycles. The standard InChI is InChI=1S/C19H26F4N4O.HI/c1-2-24-18(25-10-9-17(28)27-15-5-3-4-6-15)26-12-13-7-8-14(20)11-16(13)19(21,22)23;/h7-8,11,15H,2-6,9-10,12H2,1H3,(H,27,28)(H2,24,25,26);1H. The van der Waals surface area contributed by atoms with Gasteiger partial charge in [-0.3, -0.25) is 4.79 Å². The quantitative estimate of drug-likeness (QED) is 0.217. The van der Waals surface area contributed by atoms with Crippen molar-refractivity contribution in [2.45, 2.75) is 57.8 Å². The molecule has 1 fully saturated rings. The molecule has 1 aromatic rings. The zero-order chi connectivity index (χ0) is 20.6. The summed E-state index contributed by atoms with van der Waals surface area (Å²) in [5.41, 5.74) is -1.16. The minimum Gasteiger partial charge on any atom is -0.357 e. The second-order valence-electron chi connectivity index (χ2n) is 6.72. The monoisotopic (exact) mass is 530 g/mol. The maximum absolute atomic E-state index is 13.2. The molecule has 0 atom stereocenters. The van der Waals surface area contributed by atoms with Crippen LogP contribution in [0.4, 0.5) is 17.6 Å². The minimum atomic E-state index is -4.66. The second kappa shape index (κ2) is 12.2. The maximum Gasteiger partial charge on any atom is 0.416 e. The topological polar surface area (TPSA) is 65.5 Å². The van der Waals surface area contributed by atoms with Gasteiger partial charge in [0, 0.05) is 25.6 Å². The number of rotatable bonds is 7. The lowest BCUT2D eigenvalue weighted by atomic mass is 10.1. The van der Waals surface area contributed by atoms with Crippen molar-refractivity contribution in [2.75, 3.05) is 13.1 Å². The van der Waals surface area contributed by atoms with Gasteiger partial charge in [0.2, 0.25) is 5.91 Å². The van der Waals surface area contributed by atoms with Crippen molar-refractivity contribution in [1.29, 1.82) is 0 Å². The predicted molar refractivity (Wildman–Crippen MR) is 115 cm³/mol. The van der Waals surface area contributed by atoms with Gasteiger partial charge in [0.25, 0.3) is 0 Å². The fraction of sp³-hybridized carbons (Fsp3) is 0.579. The third-order valence-electron chi connectivity index (χ3n) is 4.49. The van der Waals surface area contributed by atoms with Crippen LogP contribution in [0.2, 0.25) is 0 Å². The Balaban J connectivity index is 0.00000420. The molecule has 0 radical (unpaired) electrons. The molecule has 29 heavy (non-hydrogen) atoms. The molecule has 1 amide bonds. The van der Waals surface area contributed by atoms with Crippen LogP contribution < -0.4 is 16.0 Å². The van der Waals surface area contributed by atoms with Crippen LogP contribution in [0.1, 0.15) is 50.2 Å². The molecule has 2 rings (SSSR count). The van der Waals surface area contributed by atoms with Crippen molar-refractivity contribution in [3.63, 3.8) is 0 Å². The molecule has 0 bridgehead atoms. The van der Waals surface area contributed by atoms with Gasteiger partial charge in [-0.05, 0) is 37.5 Å². The zero-order valence-corrected chi connectivity index (χ0v) is 18.6. The largest absolute Gasteiger partial charge is 0.416 e. The molecule has 164 valence electrons. The Morgan fingerprint density at radius 3 is 2.52 bits per heavy atom. The summed E-state index contributed by atoms with van der Waals surface area (Å²) in [7, 11) is 0. The third-order valence-corrected chi connectivity index (χ3v) is 4.49. The SMILES string of the molecule is CCNC(=NCc1ccc(F)cc1C(F)(F)F)NCCC(=O)NC1CCCC1.I. The summed E-state index contributed by atoms with van der Waals surface area (Å²) in [4.78, 5) is 16.1. The van der Waals surface area contributed by atoms with E-state index in [-0.39, 0.29) is 54.5 Å². The Kier molecular flexibility index (Phi) is 10.7. The highest BCUT2D eigenvalue weighted by atomic mass is 127. The van der Waals surface area contributed by atoms with E-state index in [1.165, 1.54) is 0 Å². The fourth-order valence-corrected chi connectivity index (χ4v) is 3.12. The molecular weight excluding hydrogens is 503 g/mol. The normalized spacial score (nSPS) is 15.0. The molecule has 0 unspecified atom stereocenters. The van der Waals surface area contributed by atoms with Crippen LogP contribution in [0.15, 0.2) is 23.2 Å². The van der Waals surface area contributed by atoms with Gasteiger partial charge in [-0.25, -0.2) is 9.38 Å². The van der Waals surface area contributed by atoms with Crippen LogP contribution in [0.3, 0.4) is 0 Å². The Morgan fingerprint density at radius 2 is 1.90 bits per heavy atom. The highest BCUT2D eigenvalue weighted by Gasteiger charge is 2.33. The molecule has 1 aliphatic carbocycles. The first kappa shape index (κ1) is 25.4. The Hall–Kier alpha value is -1.59. The highest BCUT2D eigenvalue weighted by molar-refractivity contribution is 14.0. The van der Waals surface area contributed by atoms with Crippen LogP contribution in [0.25, 0.3) is 0 Å². The molecule has 1 aromatic carbocycles. The minimum absolute atomic E-state index is 0. The van der Waals surface area contributed by atoms with Crippen molar-refractivity contribution >= 4 is 35.8 Å². The summed E-state index contributed by atoms with van der Waals surface area (Å²) in [6.45, 7) is 2.37. The van der Waals surface area contributed by atoms with Gasteiger partial charge in [-0.2, -0.15) is 13.2 Å². The van der Waals surface area contributed by atoms with Crippen molar-refractivity contribution < 1.29 is 22.4 Å². The first-order chi connectivity index (χ1) is 13.3. The van der Waals surface area contributed by atoms with E-state index in [1.807, 2.05) is 6.92 Å². The van der Waals surface area contributed by atoms with E-state index in [1.54, 1.807) is 0 Å². The number of amides is 1.